The predicted molar refractivity (Wildman–Crippen MR) is 87.4 cm³/mol. The molecule has 3 rings (SSSR count). The van der Waals surface area contributed by atoms with Crippen LogP contribution in [0.2, 0.25) is 0 Å². The van der Waals surface area contributed by atoms with Crippen molar-refractivity contribution in [2.75, 3.05) is 6.54 Å². The average molecular weight is 280 g/mol. The number of aromatic nitrogens is 1. The van der Waals surface area contributed by atoms with Crippen molar-refractivity contribution in [3.8, 4) is 0 Å². The summed E-state index contributed by atoms with van der Waals surface area (Å²) in [5.74, 6) is 0.561. The van der Waals surface area contributed by atoms with Gasteiger partial charge < -0.3 is 5.32 Å². The second-order valence-corrected chi connectivity index (χ2v) is 5.92. The lowest BCUT2D eigenvalue weighted by molar-refractivity contribution is 0.401. The maximum atomic E-state index is 4.32. The molecule has 110 valence electrons. The zero-order chi connectivity index (χ0) is 14.5. The van der Waals surface area contributed by atoms with Crippen LogP contribution in [0.3, 0.4) is 0 Å². The smallest absolute Gasteiger partial charge is 0.0405 e. The first-order valence-corrected chi connectivity index (χ1v) is 8.11. The Morgan fingerprint density at radius 1 is 1.24 bits per heavy atom. The molecule has 21 heavy (non-hydrogen) atoms. The molecule has 1 N–H and O–H groups in total. The van der Waals surface area contributed by atoms with Crippen LogP contribution in [0, 0.1) is 0 Å². The fourth-order valence-electron chi connectivity index (χ4n) is 3.49. The number of aryl methyl sites for hydroxylation is 1. The molecule has 0 aliphatic heterocycles. The van der Waals surface area contributed by atoms with Gasteiger partial charge in [-0.05, 0) is 55.0 Å². The van der Waals surface area contributed by atoms with Crippen LogP contribution >= 0.6 is 0 Å². The highest BCUT2D eigenvalue weighted by Gasteiger charge is 2.28. The first kappa shape index (κ1) is 14.3. The van der Waals surface area contributed by atoms with E-state index in [9.17, 15) is 0 Å². The lowest BCUT2D eigenvalue weighted by atomic mass is 9.77. The van der Waals surface area contributed by atoms with Crippen LogP contribution in [0.1, 0.15) is 54.8 Å². The third kappa shape index (κ3) is 3.16. The number of benzene rings is 1. The summed E-state index contributed by atoms with van der Waals surface area (Å²) in [6, 6.07) is 13.6. The zero-order valence-corrected chi connectivity index (χ0v) is 12.8. The summed E-state index contributed by atoms with van der Waals surface area (Å²) in [5, 5.41) is 3.76. The Hall–Kier alpha value is -1.67. The molecule has 0 saturated heterocycles. The molecule has 0 saturated carbocycles. The highest BCUT2D eigenvalue weighted by atomic mass is 14.9. The molecule has 1 aromatic heterocycles. The standard InChI is InChI=1S/C19H24N2/c1-2-12-21-19(16-9-6-13-20-14-16)18-11-5-8-15-7-3-4-10-17(15)18/h3-4,6-7,9-10,13-14,18-19,21H,2,5,8,11-12H2,1H3. The van der Waals surface area contributed by atoms with E-state index in [0.29, 0.717) is 12.0 Å². The fourth-order valence-corrected chi connectivity index (χ4v) is 3.49. The number of nitrogens with zero attached hydrogens (tertiary/aromatic N) is 1. The third-order valence-corrected chi connectivity index (χ3v) is 4.48. The number of fused-ring (bicyclic) bond motifs is 1. The maximum absolute atomic E-state index is 4.32. The van der Waals surface area contributed by atoms with Gasteiger partial charge in [0.25, 0.3) is 0 Å². The van der Waals surface area contributed by atoms with Crippen molar-refractivity contribution in [3.63, 3.8) is 0 Å². The minimum Gasteiger partial charge on any atom is -0.309 e. The molecule has 0 spiro atoms. The third-order valence-electron chi connectivity index (χ3n) is 4.48. The summed E-state index contributed by atoms with van der Waals surface area (Å²) >= 11 is 0. The van der Waals surface area contributed by atoms with E-state index >= 15 is 0 Å². The number of nitrogens with one attached hydrogen (secondary N) is 1. The maximum Gasteiger partial charge on any atom is 0.0405 e. The number of hydrogen-bond donors (Lipinski definition) is 1. The summed E-state index contributed by atoms with van der Waals surface area (Å²) in [4.78, 5) is 4.32. The molecular formula is C19H24N2. The SMILES string of the molecule is CCCNC(c1cccnc1)C1CCCc2ccccc21. The summed E-state index contributed by atoms with van der Waals surface area (Å²) in [5.41, 5.74) is 4.37. The first-order chi connectivity index (χ1) is 10.4. The van der Waals surface area contributed by atoms with Gasteiger partial charge in [0.1, 0.15) is 0 Å². The van der Waals surface area contributed by atoms with Gasteiger partial charge in [-0.2, -0.15) is 0 Å². The molecule has 2 heteroatoms. The van der Waals surface area contributed by atoms with Crippen LogP contribution in [0.25, 0.3) is 0 Å². The quantitative estimate of drug-likeness (QED) is 0.886. The molecule has 0 radical (unpaired) electrons. The van der Waals surface area contributed by atoms with Gasteiger partial charge in [0.2, 0.25) is 0 Å². The van der Waals surface area contributed by atoms with Crippen molar-refractivity contribution >= 4 is 0 Å². The topological polar surface area (TPSA) is 24.9 Å². The number of hydrogen-bond acceptors (Lipinski definition) is 2. The number of pyridine rings is 1. The second kappa shape index (κ2) is 6.86. The second-order valence-electron chi connectivity index (χ2n) is 5.92. The summed E-state index contributed by atoms with van der Waals surface area (Å²) in [6.45, 7) is 3.28. The van der Waals surface area contributed by atoms with E-state index in [1.54, 1.807) is 0 Å². The Morgan fingerprint density at radius 3 is 2.95 bits per heavy atom. The Balaban J connectivity index is 1.94. The summed E-state index contributed by atoms with van der Waals surface area (Å²) in [7, 11) is 0. The van der Waals surface area contributed by atoms with E-state index in [2.05, 4.69) is 47.6 Å². The molecule has 0 bridgehead atoms. The molecule has 2 atom stereocenters. The molecular weight excluding hydrogens is 256 g/mol. The van der Waals surface area contributed by atoms with Gasteiger partial charge in [-0.25, -0.2) is 0 Å². The molecule has 0 amide bonds. The molecule has 1 aliphatic rings. The monoisotopic (exact) mass is 280 g/mol. The van der Waals surface area contributed by atoms with E-state index in [1.165, 1.54) is 36.0 Å². The van der Waals surface area contributed by atoms with E-state index in [1.807, 2.05) is 18.5 Å². The van der Waals surface area contributed by atoms with Crippen molar-refractivity contribution in [1.82, 2.24) is 10.3 Å². The molecule has 0 fully saturated rings. The lowest BCUT2D eigenvalue weighted by Gasteiger charge is -2.33. The molecule has 2 unspecified atom stereocenters. The van der Waals surface area contributed by atoms with Crippen LogP contribution in [-0.4, -0.2) is 11.5 Å². The fraction of sp³-hybridized carbons (Fsp3) is 0.421. The minimum atomic E-state index is 0.375. The Kier molecular flexibility index (Phi) is 4.66. The normalized spacial score (nSPS) is 19.0. The van der Waals surface area contributed by atoms with Crippen LogP contribution < -0.4 is 5.32 Å². The van der Waals surface area contributed by atoms with E-state index < -0.39 is 0 Å². The Bertz CT molecular complexity index is 565. The molecule has 2 aromatic rings. The van der Waals surface area contributed by atoms with Crippen LogP contribution in [-0.2, 0) is 6.42 Å². The highest BCUT2D eigenvalue weighted by Crippen LogP contribution is 2.40. The Labute approximate surface area is 127 Å². The zero-order valence-electron chi connectivity index (χ0n) is 12.8. The number of rotatable bonds is 5. The van der Waals surface area contributed by atoms with Gasteiger partial charge in [0.05, 0.1) is 0 Å². The van der Waals surface area contributed by atoms with Crippen LogP contribution in [0.4, 0.5) is 0 Å². The van der Waals surface area contributed by atoms with E-state index in [4.69, 9.17) is 0 Å². The largest absolute Gasteiger partial charge is 0.309 e. The van der Waals surface area contributed by atoms with E-state index in [0.717, 1.165) is 13.0 Å². The van der Waals surface area contributed by atoms with Crippen molar-refractivity contribution in [1.29, 1.82) is 0 Å². The minimum absolute atomic E-state index is 0.375. The van der Waals surface area contributed by atoms with Crippen molar-refractivity contribution in [3.05, 3.63) is 65.5 Å². The van der Waals surface area contributed by atoms with E-state index in [-0.39, 0.29) is 0 Å². The highest BCUT2D eigenvalue weighted by molar-refractivity contribution is 5.35. The van der Waals surface area contributed by atoms with Crippen molar-refractivity contribution in [2.24, 2.45) is 0 Å². The molecule has 2 nitrogen and oxygen atoms in total. The van der Waals surface area contributed by atoms with Gasteiger partial charge in [-0.1, -0.05) is 37.3 Å². The average Bonchev–Trinajstić information content (AvgIpc) is 2.56. The van der Waals surface area contributed by atoms with Crippen molar-refractivity contribution in [2.45, 2.75) is 44.6 Å². The van der Waals surface area contributed by atoms with Gasteiger partial charge in [-0.15, -0.1) is 0 Å². The van der Waals surface area contributed by atoms with Crippen LogP contribution in [0.5, 0.6) is 0 Å². The Morgan fingerprint density at radius 2 is 2.14 bits per heavy atom. The molecule has 1 heterocycles. The molecule has 1 aliphatic carbocycles. The lowest BCUT2D eigenvalue weighted by Crippen LogP contribution is -2.30. The molecule has 1 aromatic carbocycles. The summed E-state index contributed by atoms with van der Waals surface area (Å²) < 4.78 is 0. The van der Waals surface area contributed by atoms with Crippen molar-refractivity contribution < 1.29 is 0 Å². The van der Waals surface area contributed by atoms with Gasteiger partial charge in [0.15, 0.2) is 0 Å². The first-order valence-electron chi connectivity index (χ1n) is 8.11. The van der Waals surface area contributed by atoms with Gasteiger partial charge in [-0.3, -0.25) is 4.98 Å². The van der Waals surface area contributed by atoms with Gasteiger partial charge in [0, 0.05) is 24.4 Å². The predicted octanol–water partition coefficient (Wildman–Crippen LogP) is 4.24. The summed E-state index contributed by atoms with van der Waals surface area (Å²) in [6.07, 6.45) is 8.80. The van der Waals surface area contributed by atoms with Crippen LogP contribution in [0.15, 0.2) is 48.8 Å². The van der Waals surface area contributed by atoms with Gasteiger partial charge >= 0.3 is 0 Å².